The van der Waals surface area contributed by atoms with Crippen molar-refractivity contribution in [1.82, 2.24) is 9.78 Å². The number of aryl methyl sites for hydroxylation is 1. The van der Waals surface area contributed by atoms with Crippen LogP contribution in [-0.4, -0.2) is 14.9 Å². The van der Waals surface area contributed by atoms with Gasteiger partial charge in [0, 0.05) is 5.69 Å². The van der Waals surface area contributed by atoms with Gasteiger partial charge in [0.2, 0.25) is 0 Å². The first-order valence-corrected chi connectivity index (χ1v) is 6.10. The van der Waals surface area contributed by atoms with Crippen molar-refractivity contribution in [3.05, 3.63) is 46.3 Å². The van der Waals surface area contributed by atoms with Gasteiger partial charge in [0.05, 0.1) is 23.6 Å². The van der Waals surface area contributed by atoms with Crippen molar-refractivity contribution in [2.75, 3.05) is 0 Å². The normalized spacial score (nSPS) is 11.9. The average molecular weight is 284 g/mol. The van der Waals surface area contributed by atoms with E-state index in [0.29, 0.717) is 5.69 Å². The standard InChI is InChI=1S/C14H15F3N2O/c1-8-9(2)18-19(10(8)3)12-5-4-11(7-20)13(6-12)14(15,16)17/h4-6,20H,7H2,1-3H3. The highest BCUT2D eigenvalue weighted by Crippen LogP contribution is 2.33. The Morgan fingerprint density at radius 2 is 1.85 bits per heavy atom. The summed E-state index contributed by atoms with van der Waals surface area (Å²) in [5.74, 6) is 0. The monoisotopic (exact) mass is 284 g/mol. The maximum absolute atomic E-state index is 13.0. The molecule has 0 aliphatic carbocycles. The van der Waals surface area contributed by atoms with Gasteiger partial charge in [-0.3, -0.25) is 0 Å². The third-order valence-corrected chi connectivity index (χ3v) is 3.47. The van der Waals surface area contributed by atoms with Crippen LogP contribution in [0.15, 0.2) is 18.2 Å². The molecule has 0 saturated carbocycles. The summed E-state index contributed by atoms with van der Waals surface area (Å²) in [6.45, 7) is 4.85. The van der Waals surface area contributed by atoms with Gasteiger partial charge < -0.3 is 5.11 Å². The fourth-order valence-electron chi connectivity index (χ4n) is 2.07. The second kappa shape index (κ2) is 4.94. The quantitative estimate of drug-likeness (QED) is 0.918. The number of aromatic nitrogens is 2. The summed E-state index contributed by atoms with van der Waals surface area (Å²) in [7, 11) is 0. The SMILES string of the molecule is Cc1nn(-c2ccc(CO)c(C(F)(F)F)c2)c(C)c1C. The number of hydrogen-bond donors (Lipinski definition) is 1. The molecule has 0 aliphatic rings. The van der Waals surface area contributed by atoms with Gasteiger partial charge in [0.25, 0.3) is 0 Å². The molecule has 0 amide bonds. The number of nitrogens with zero attached hydrogens (tertiary/aromatic N) is 2. The van der Waals surface area contributed by atoms with Crippen LogP contribution < -0.4 is 0 Å². The van der Waals surface area contributed by atoms with Crippen LogP contribution >= 0.6 is 0 Å². The van der Waals surface area contributed by atoms with E-state index in [9.17, 15) is 13.2 Å². The minimum atomic E-state index is -4.50. The Bertz CT molecular complexity index is 645. The number of alkyl halides is 3. The van der Waals surface area contributed by atoms with Gasteiger partial charge in [-0.2, -0.15) is 18.3 Å². The molecule has 0 atom stereocenters. The van der Waals surface area contributed by atoms with Crippen molar-refractivity contribution in [1.29, 1.82) is 0 Å². The molecular formula is C14H15F3N2O. The van der Waals surface area contributed by atoms with Gasteiger partial charge in [-0.05, 0) is 44.0 Å². The molecule has 1 aromatic heterocycles. The van der Waals surface area contributed by atoms with E-state index in [4.69, 9.17) is 5.11 Å². The van der Waals surface area contributed by atoms with Crippen LogP contribution in [0.2, 0.25) is 0 Å². The summed E-state index contributed by atoms with van der Waals surface area (Å²) < 4.78 is 40.4. The lowest BCUT2D eigenvalue weighted by atomic mass is 10.1. The lowest BCUT2D eigenvalue weighted by Crippen LogP contribution is -2.11. The van der Waals surface area contributed by atoms with Crippen LogP contribution in [-0.2, 0) is 12.8 Å². The topological polar surface area (TPSA) is 38.0 Å². The van der Waals surface area contributed by atoms with Gasteiger partial charge in [-0.1, -0.05) is 6.07 Å². The second-order valence-corrected chi connectivity index (χ2v) is 4.70. The zero-order valence-corrected chi connectivity index (χ0v) is 11.4. The van der Waals surface area contributed by atoms with Crippen LogP contribution in [0.4, 0.5) is 13.2 Å². The third-order valence-electron chi connectivity index (χ3n) is 3.47. The average Bonchev–Trinajstić information content (AvgIpc) is 2.65. The fourth-order valence-corrected chi connectivity index (χ4v) is 2.07. The van der Waals surface area contributed by atoms with Gasteiger partial charge >= 0.3 is 6.18 Å². The smallest absolute Gasteiger partial charge is 0.392 e. The largest absolute Gasteiger partial charge is 0.416 e. The highest BCUT2D eigenvalue weighted by molar-refractivity contribution is 5.43. The number of aliphatic hydroxyl groups excluding tert-OH is 1. The van der Waals surface area contributed by atoms with Gasteiger partial charge in [0.1, 0.15) is 0 Å². The van der Waals surface area contributed by atoms with Crippen molar-refractivity contribution in [3.8, 4) is 5.69 Å². The minimum absolute atomic E-state index is 0.139. The molecule has 0 saturated heterocycles. The van der Waals surface area contributed by atoms with E-state index in [1.807, 2.05) is 20.8 Å². The minimum Gasteiger partial charge on any atom is -0.392 e. The maximum Gasteiger partial charge on any atom is 0.416 e. The van der Waals surface area contributed by atoms with E-state index in [0.717, 1.165) is 23.0 Å². The summed E-state index contributed by atoms with van der Waals surface area (Å²) >= 11 is 0. The predicted molar refractivity (Wildman–Crippen MR) is 68.7 cm³/mol. The third kappa shape index (κ3) is 2.43. The van der Waals surface area contributed by atoms with Crippen molar-refractivity contribution >= 4 is 0 Å². The molecule has 0 radical (unpaired) electrons. The predicted octanol–water partition coefficient (Wildman–Crippen LogP) is 3.31. The highest BCUT2D eigenvalue weighted by Gasteiger charge is 2.33. The zero-order chi connectivity index (χ0) is 15.1. The van der Waals surface area contributed by atoms with Crippen LogP contribution in [0, 0.1) is 20.8 Å². The Labute approximate surface area is 114 Å². The van der Waals surface area contributed by atoms with Crippen LogP contribution in [0.1, 0.15) is 28.1 Å². The summed E-state index contributed by atoms with van der Waals surface area (Å²) in [5.41, 5.74) is 1.89. The number of rotatable bonds is 2. The second-order valence-electron chi connectivity index (χ2n) is 4.70. The molecule has 20 heavy (non-hydrogen) atoms. The number of hydrogen-bond acceptors (Lipinski definition) is 2. The molecule has 1 N–H and O–H groups in total. The molecule has 2 aromatic rings. The maximum atomic E-state index is 13.0. The number of benzene rings is 1. The molecule has 1 heterocycles. The van der Waals surface area contributed by atoms with Crippen LogP contribution in [0.3, 0.4) is 0 Å². The van der Waals surface area contributed by atoms with Gasteiger partial charge in [0.15, 0.2) is 0 Å². The zero-order valence-electron chi connectivity index (χ0n) is 11.4. The number of halogens is 3. The lowest BCUT2D eigenvalue weighted by molar-refractivity contribution is -0.138. The summed E-state index contributed by atoms with van der Waals surface area (Å²) in [6.07, 6.45) is -4.50. The van der Waals surface area contributed by atoms with E-state index in [1.54, 1.807) is 0 Å². The van der Waals surface area contributed by atoms with Crippen molar-refractivity contribution in [2.24, 2.45) is 0 Å². The molecule has 3 nitrogen and oxygen atoms in total. The summed E-state index contributed by atoms with van der Waals surface area (Å²) in [5, 5.41) is 13.3. The van der Waals surface area contributed by atoms with Crippen molar-refractivity contribution in [2.45, 2.75) is 33.6 Å². The molecule has 0 unspecified atom stereocenters. The first-order valence-electron chi connectivity index (χ1n) is 6.10. The van der Waals surface area contributed by atoms with Crippen molar-refractivity contribution in [3.63, 3.8) is 0 Å². The van der Waals surface area contributed by atoms with E-state index in [2.05, 4.69) is 5.10 Å². The molecule has 2 rings (SSSR count). The Kier molecular flexibility index (Phi) is 3.60. The summed E-state index contributed by atoms with van der Waals surface area (Å²) in [4.78, 5) is 0. The molecule has 0 fully saturated rings. The van der Waals surface area contributed by atoms with E-state index in [-0.39, 0.29) is 5.56 Å². The summed E-state index contributed by atoms with van der Waals surface area (Å²) in [6, 6.07) is 3.83. The lowest BCUT2D eigenvalue weighted by Gasteiger charge is -2.14. The molecule has 0 bridgehead atoms. The first kappa shape index (κ1) is 14.6. The first-order chi connectivity index (χ1) is 9.25. The molecule has 108 valence electrons. The molecular weight excluding hydrogens is 269 g/mol. The van der Waals surface area contributed by atoms with E-state index < -0.39 is 18.3 Å². The number of aliphatic hydroxyl groups is 1. The molecule has 0 aliphatic heterocycles. The van der Waals surface area contributed by atoms with Gasteiger partial charge in [-0.15, -0.1) is 0 Å². The highest BCUT2D eigenvalue weighted by atomic mass is 19.4. The Hall–Kier alpha value is -1.82. The van der Waals surface area contributed by atoms with E-state index in [1.165, 1.54) is 16.8 Å². The van der Waals surface area contributed by atoms with Gasteiger partial charge in [-0.25, -0.2) is 4.68 Å². The van der Waals surface area contributed by atoms with Crippen molar-refractivity contribution < 1.29 is 18.3 Å². The Morgan fingerprint density at radius 3 is 2.30 bits per heavy atom. The molecule has 1 aromatic carbocycles. The Morgan fingerprint density at radius 1 is 1.20 bits per heavy atom. The van der Waals surface area contributed by atoms with E-state index >= 15 is 0 Å². The van der Waals surface area contributed by atoms with Crippen LogP contribution in [0.25, 0.3) is 5.69 Å². The Balaban J connectivity index is 2.62. The fraction of sp³-hybridized carbons (Fsp3) is 0.357. The molecule has 6 heteroatoms. The van der Waals surface area contributed by atoms with Crippen LogP contribution in [0.5, 0.6) is 0 Å². The molecule has 0 spiro atoms.